The number of benzene rings is 2. The standard InChI is InChI=1S/C38H42F4N6O6/c1-3-53-37(51)23-19-47(33-21(35(23)49)17-27(29(39)31(33)41)45-13-9-43-10-14-45)25-7-5-6-8-26(25)48-20-24(38(52)54-4-2)36(50)22-18-28(30(40)32(42)34(22)48)46-15-11-44-12-16-46/h17-20,25-26,43-44H,3-16H2,1-2H3. The number of carbonyl (C=O) groups excluding carboxylic acids is 2. The number of anilines is 2. The van der Waals surface area contributed by atoms with Crippen LogP contribution in [0.5, 0.6) is 0 Å². The van der Waals surface area contributed by atoms with Crippen LogP contribution >= 0.6 is 0 Å². The lowest BCUT2D eigenvalue weighted by Gasteiger charge is -2.37. The van der Waals surface area contributed by atoms with Gasteiger partial charge in [0.1, 0.15) is 11.1 Å². The van der Waals surface area contributed by atoms with Crippen LogP contribution in [-0.4, -0.2) is 86.6 Å². The maximum atomic E-state index is 16.6. The second-order valence-corrected chi connectivity index (χ2v) is 13.7. The molecule has 2 saturated heterocycles. The van der Waals surface area contributed by atoms with Gasteiger partial charge in [-0.3, -0.25) is 9.59 Å². The molecule has 0 amide bonds. The van der Waals surface area contributed by atoms with Crippen molar-refractivity contribution in [3.05, 3.63) is 79.4 Å². The van der Waals surface area contributed by atoms with E-state index in [4.69, 9.17) is 9.47 Å². The first-order chi connectivity index (χ1) is 26.1. The Bertz CT molecular complexity index is 2090. The van der Waals surface area contributed by atoms with E-state index in [0.717, 1.165) is 12.4 Å². The molecular formula is C38H42F4N6O6. The number of hydrogen-bond donors (Lipinski definition) is 2. The summed E-state index contributed by atoms with van der Waals surface area (Å²) in [5, 5.41) is 5.78. The summed E-state index contributed by atoms with van der Waals surface area (Å²) < 4.78 is 78.5. The fourth-order valence-electron chi connectivity index (χ4n) is 8.12. The SMILES string of the molecule is CCOC(=O)c1cn(C2CCCCC2n2cc(C(=O)OCC)c(=O)c3cc(N4CCNCC4)c(F)c(F)c32)c2c(F)c(F)c(N3CCNCC3)cc2c1=O. The minimum absolute atomic E-state index is 0.0625. The van der Waals surface area contributed by atoms with Crippen LogP contribution < -0.4 is 31.3 Å². The van der Waals surface area contributed by atoms with E-state index >= 15 is 17.6 Å². The van der Waals surface area contributed by atoms with E-state index < -0.39 is 80.3 Å². The Balaban J connectivity index is 1.50. The molecule has 12 nitrogen and oxygen atoms in total. The fourth-order valence-corrected chi connectivity index (χ4v) is 8.12. The van der Waals surface area contributed by atoms with Gasteiger partial charge in [-0.2, -0.15) is 0 Å². The Labute approximate surface area is 307 Å². The third-order valence-corrected chi connectivity index (χ3v) is 10.7. The Hall–Kier alpha value is -4.96. The van der Waals surface area contributed by atoms with Gasteiger partial charge in [0.2, 0.25) is 10.9 Å². The first-order valence-electron chi connectivity index (χ1n) is 18.5. The molecule has 2 N–H and O–H groups in total. The molecule has 2 atom stereocenters. The molecule has 2 aromatic carbocycles. The molecule has 54 heavy (non-hydrogen) atoms. The highest BCUT2D eigenvalue weighted by Gasteiger charge is 2.36. The van der Waals surface area contributed by atoms with Crippen LogP contribution in [0.3, 0.4) is 0 Å². The summed E-state index contributed by atoms with van der Waals surface area (Å²) >= 11 is 0. The van der Waals surface area contributed by atoms with Crippen molar-refractivity contribution < 1.29 is 36.6 Å². The van der Waals surface area contributed by atoms with E-state index in [1.807, 2.05) is 0 Å². The van der Waals surface area contributed by atoms with Crippen molar-refractivity contribution in [1.82, 2.24) is 19.8 Å². The second-order valence-electron chi connectivity index (χ2n) is 13.7. The summed E-state index contributed by atoms with van der Waals surface area (Å²) in [4.78, 5) is 57.6. The molecule has 3 aliphatic rings. The number of halogens is 4. The highest BCUT2D eigenvalue weighted by Crippen LogP contribution is 2.43. The molecule has 4 heterocycles. The van der Waals surface area contributed by atoms with Crippen LogP contribution in [-0.2, 0) is 9.47 Å². The Morgan fingerprint density at radius 3 is 1.37 bits per heavy atom. The first-order valence-corrected chi connectivity index (χ1v) is 18.5. The predicted octanol–water partition coefficient (Wildman–Crippen LogP) is 4.40. The number of piperazine rings is 2. The zero-order chi connectivity index (χ0) is 38.3. The van der Waals surface area contributed by atoms with Crippen molar-refractivity contribution >= 4 is 45.1 Å². The maximum Gasteiger partial charge on any atom is 0.343 e. The molecule has 0 spiro atoms. The lowest BCUT2D eigenvalue weighted by molar-refractivity contribution is 0.0513. The van der Waals surface area contributed by atoms with E-state index in [2.05, 4.69) is 10.6 Å². The summed E-state index contributed by atoms with van der Waals surface area (Å²) in [5.74, 6) is -6.92. The number of hydrogen-bond acceptors (Lipinski definition) is 10. The van der Waals surface area contributed by atoms with Gasteiger partial charge in [-0.25, -0.2) is 27.2 Å². The van der Waals surface area contributed by atoms with E-state index in [0.29, 0.717) is 65.2 Å². The Morgan fingerprint density at radius 2 is 1.02 bits per heavy atom. The molecule has 2 unspecified atom stereocenters. The van der Waals surface area contributed by atoms with Crippen molar-refractivity contribution in [2.45, 2.75) is 51.6 Å². The quantitative estimate of drug-likeness (QED) is 0.198. The summed E-state index contributed by atoms with van der Waals surface area (Å²) in [7, 11) is 0. The summed E-state index contributed by atoms with van der Waals surface area (Å²) in [5.41, 5.74) is -3.62. The molecule has 4 aromatic rings. The van der Waals surface area contributed by atoms with Gasteiger partial charge in [0, 0.05) is 64.8 Å². The van der Waals surface area contributed by atoms with Crippen LogP contribution in [0.2, 0.25) is 0 Å². The number of carbonyl (C=O) groups is 2. The number of aromatic nitrogens is 2. The van der Waals surface area contributed by atoms with Gasteiger partial charge in [0.25, 0.3) is 0 Å². The molecule has 3 fully saturated rings. The van der Waals surface area contributed by atoms with Crippen LogP contribution in [0.25, 0.3) is 21.8 Å². The van der Waals surface area contributed by atoms with Gasteiger partial charge in [-0.05, 0) is 38.8 Å². The number of esters is 2. The normalized spacial score (nSPS) is 19.4. The second kappa shape index (κ2) is 15.4. The Kier molecular flexibility index (Phi) is 10.7. The zero-order valence-electron chi connectivity index (χ0n) is 30.1. The topological polar surface area (TPSA) is 127 Å². The fraction of sp³-hybridized carbons (Fsp3) is 0.474. The van der Waals surface area contributed by atoms with Crippen molar-refractivity contribution in [1.29, 1.82) is 0 Å². The summed E-state index contributed by atoms with van der Waals surface area (Å²) in [6.07, 6.45) is 3.90. The number of pyridine rings is 2. The number of nitrogens with zero attached hydrogens (tertiary/aromatic N) is 4. The molecule has 2 aliphatic heterocycles. The van der Waals surface area contributed by atoms with Gasteiger partial charge in [-0.15, -0.1) is 0 Å². The van der Waals surface area contributed by atoms with Gasteiger partial charge in [-0.1, -0.05) is 12.8 Å². The predicted molar refractivity (Wildman–Crippen MR) is 195 cm³/mol. The Morgan fingerprint density at radius 1 is 0.648 bits per heavy atom. The van der Waals surface area contributed by atoms with E-state index in [1.54, 1.807) is 23.6 Å². The first kappa shape index (κ1) is 37.4. The molecule has 0 radical (unpaired) electrons. The minimum atomic E-state index is -1.31. The van der Waals surface area contributed by atoms with Crippen LogP contribution in [0, 0.1) is 23.3 Å². The average Bonchev–Trinajstić information content (AvgIpc) is 3.18. The highest BCUT2D eigenvalue weighted by molar-refractivity contribution is 5.96. The largest absolute Gasteiger partial charge is 0.462 e. The number of rotatable bonds is 8. The van der Waals surface area contributed by atoms with Crippen molar-refractivity contribution in [3.63, 3.8) is 0 Å². The van der Waals surface area contributed by atoms with E-state index in [9.17, 15) is 19.2 Å². The minimum Gasteiger partial charge on any atom is -0.462 e. The van der Waals surface area contributed by atoms with Gasteiger partial charge < -0.3 is 39.0 Å². The molecule has 0 bridgehead atoms. The lowest BCUT2D eigenvalue weighted by Crippen LogP contribution is -2.44. The smallest absolute Gasteiger partial charge is 0.343 e. The van der Waals surface area contributed by atoms with Gasteiger partial charge in [0.05, 0.1) is 58.5 Å². The molecular weight excluding hydrogens is 712 g/mol. The summed E-state index contributed by atoms with van der Waals surface area (Å²) in [6, 6.07) is 0.674. The summed E-state index contributed by atoms with van der Waals surface area (Å²) in [6.45, 7) is 6.41. The van der Waals surface area contributed by atoms with Gasteiger partial charge >= 0.3 is 11.9 Å². The highest BCUT2D eigenvalue weighted by atomic mass is 19.2. The van der Waals surface area contributed by atoms with Crippen molar-refractivity contribution in [2.24, 2.45) is 0 Å². The lowest BCUT2D eigenvalue weighted by atomic mass is 9.88. The number of nitrogens with one attached hydrogen (secondary N) is 2. The van der Waals surface area contributed by atoms with Crippen LogP contribution in [0.1, 0.15) is 72.3 Å². The van der Waals surface area contributed by atoms with E-state index in [1.165, 1.54) is 21.3 Å². The zero-order valence-corrected chi connectivity index (χ0v) is 30.1. The van der Waals surface area contributed by atoms with Crippen LogP contribution in [0.4, 0.5) is 28.9 Å². The molecule has 1 saturated carbocycles. The van der Waals surface area contributed by atoms with Gasteiger partial charge in [0.15, 0.2) is 23.3 Å². The molecule has 16 heteroatoms. The molecule has 7 rings (SSSR count). The number of ether oxygens (including phenoxy) is 2. The van der Waals surface area contributed by atoms with Crippen molar-refractivity contribution in [2.75, 3.05) is 75.4 Å². The molecule has 2 aromatic heterocycles. The monoisotopic (exact) mass is 754 g/mol. The molecule has 288 valence electrons. The van der Waals surface area contributed by atoms with E-state index in [-0.39, 0.29) is 48.2 Å². The maximum absolute atomic E-state index is 16.6. The average molecular weight is 755 g/mol. The third-order valence-electron chi connectivity index (χ3n) is 10.7. The van der Waals surface area contributed by atoms with Crippen LogP contribution in [0.15, 0.2) is 34.1 Å². The number of fused-ring (bicyclic) bond motifs is 2. The third kappa shape index (κ3) is 6.48. The van der Waals surface area contributed by atoms with Crippen molar-refractivity contribution in [3.8, 4) is 0 Å². The molecule has 1 aliphatic carbocycles.